The lowest BCUT2D eigenvalue weighted by atomic mass is 10.1. The lowest BCUT2D eigenvalue weighted by Gasteiger charge is -2.34. The second-order valence-corrected chi connectivity index (χ2v) is 7.34. The van der Waals surface area contributed by atoms with Crippen molar-refractivity contribution in [2.45, 2.75) is 37.7 Å². The van der Waals surface area contributed by atoms with Crippen LogP contribution in [0, 0.1) is 0 Å². The second-order valence-electron chi connectivity index (χ2n) is 5.06. The summed E-state index contributed by atoms with van der Waals surface area (Å²) in [5, 5.41) is 0. The zero-order valence-corrected chi connectivity index (χ0v) is 13.0. The van der Waals surface area contributed by atoms with Gasteiger partial charge in [-0.25, -0.2) is 8.42 Å². The minimum absolute atomic E-state index is 0.141. The lowest BCUT2D eigenvalue weighted by Crippen LogP contribution is -2.39. The van der Waals surface area contributed by atoms with Crippen LogP contribution >= 0.6 is 0 Å². The van der Waals surface area contributed by atoms with Crippen LogP contribution in [0.2, 0.25) is 0 Å². The van der Waals surface area contributed by atoms with Crippen LogP contribution in [0.4, 0.5) is 5.69 Å². The molecule has 0 radical (unpaired) electrons. The Kier molecular flexibility index (Phi) is 5.05. The number of nitrogens with zero attached hydrogens (tertiary/aromatic N) is 1. The van der Waals surface area contributed by atoms with E-state index in [0.29, 0.717) is 4.90 Å². The molecule has 0 amide bonds. The number of piperidine rings is 1. The van der Waals surface area contributed by atoms with Crippen molar-refractivity contribution in [1.29, 1.82) is 0 Å². The minimum Gasteiger partial charge on any atom is -0.377 e. The topological polar surface area (TPSA) is 46.6 Å². The van der Waals surface area contributed by atoms with Crippen LogP contribution in [0.3, 0.4) is 0 Å². The quantitative estimate of drug-likeness (QED) is 0.837. The summed E-state index contributed by atoms with van der Waals surface area (Å²) in [6, 6.07) is 7.21. The summed E-state index contributed by atoms with van der Waals surface area (Å²) in [6.07, 6.45) is 2.50. The molecule has 5 heteroatoms. The summed E-state index contributed by atoms with van der Waals surface area (Å²) in [4.78, 5) is 2.67. The Labute approximate surface area is 121 Å². The molecule has 1 saturated heterocycles. The van der Waals surface area contributed by atoms with Gasteiger partial charge in [-0.15, -0.1) is 0 Å². The molecular formula is C15H23NO3S. The highest BCUT2D eigenvalue weighted by molar-refractivity contribution is 7.91. The highest BCUT2D eigenvalue weighted by Crippen LogP contribution is 2.23. The fourth-order valence-electron chi connectivity index (χ4n) is 2.58. The molecule has 1 aromatic rings. The number of anilines is 1. The van der Waals surface area contributed by atoms with Gasteiger partial charge in [-0.1, -0.05) is 6.92 Å². The summed E-state index contributed by atoms with van der Waals surface area (Å²) >= 11 is 0. The van der Waals surface area contributed by atoms with E-state index in [-0.39, 0.29) is 11.9 Å². The average molecular weight is 297 g/mol. The Morgan fingerprint density at radius 1 is 1.25 bits per heavy atom. The Morgan fingerprint density at radius 3 is 2.55 bits per heavy atom. The van der Waals surface area contributed by atoms with Crippen molar-refractivity contribution in [3.05, 3.63) is 24.3 Å². The Bertz CT molecular complexity index is 523. The van der Waals surface area contributed by atoms with E-state index in [1.165, 1.54) is 0 Å². The number of hydrogen-bond acceptors (Lipinski definition) is 4. The van der Waals surface area contributed by atoms with Crippen molar-refractivity contribution in [3.8, 4) is 0 Å². The van der Waals surface area contributed by atoms with Crippen molar-refractivity contribution in [2.75, 3.05) is 30.3 Å². The van der Waals surface area contributed by atoms with Crippen LogP contribution in [0.25, 0.3) is 0 Å². The smallest absolute Gasteiger partial charge is 0.178 e. The van der Waals surface area contributed by atoms with Crippen LogP contribution in [0.15, 0.2) is 29.2 Å². The molecule has 0 spiro atoms. The molecule has 0 N–H and O–H groups in total. The predicted molar refractivity (Wildman–Crippen MR) is 81.0 cm³/mol. The van der Waals surface area contributed by atoms with E-state index < -0.39 is 9.84 Å². The fraction of sp³-hybridized carbons (Fsp3) is 0.600. The average Bonchev–Trinajstić information content (AvgIpc) is 2.48. The van der Waals surface area contributed by atoms with Gasteiger partial charge in [0.15, 0.2) is 9.84 Å². The molecular weight excluding hydrogens is 274 g/mol. The van der Waals surface area contributed by atoms with Crippen LogP contribution in [0.1, 0.15) is 26.7 Å². The Morgan fingerprint density at radius 2 is 1.95 bits per heavy atom. The molecule has 1 atom stereocenters. The largest absolute Gasteiger partial charge is 0.377 e. The number of rotatable bonds is 5. The maximum absolute atomic E-state index is 11.8. The molecule has 0 saturated carbocycles. The van der Waals surface area contributed by atoms with Gasteiger partial charge in [-0.2, -0.15) is 0 Å². The van der Waals surface area contributed by atoms with Crippen molar-refractivity contribution >= 4 is 15.5 Å². The van der Waals surface area contributed by atoms with E-state index in [1.807, 2.05) is 19.1 Å². The maximum Gasteiger partial charge on any atom is 0.178 e. The van der Waals surface area contributed by atoms with Crippen LogP contribution in [-0.4, -0.2) is 40.0 Å². The minimum atomic E-state index is -3.11. The van der Waals surface area contributed by atoms with Gasteiger partial charge in [0.25, 0.3) is 0 Å². The predicted octanol–water partition coefficient (Wildman–Crippen LogP) is 2.49. The third-order valence-electron chi connectivity index (χ3n) is 3.72. The first kappa shape index (κ1) is 15.3. The van der Waals surface area contributed by atoms with E-state index in [0.717, 1.165) is 38.2 Å². The lowest BCUT2D eigenvalue weighted by molar-refractivity contribution is 0.0527. The van der Waals surface area contributed by atoms with E-state index in [9.17, 15) is 8.42 Å². The van der Waals surface area contributed by atoms with E-state index in [1.54, 1.807) is 19.1 Å². The number of benzene rings is 1. The molecule has 1 unspecified atom stereocenters. The molecule has 2 rings (SSSR count). The number of hydrogen-bond donors (Lipinski definition) is 0. The maximum atomic E-state index is 11.8. The molecule has 20 heavy (non-hydrogen) atoms. The van der Waals surface area contributed by atoms with Crippen molar-refractivity contribution in [1.82, 2.24) is 0 Å². The highest BCUT2D eigenvalue weighted by Gasteiger charge is 2.20. The van der Waals surface area contributed by atoms with Gasteiger partial charge < -0.3 is 9.64 Å². The summed E-state index contributed by atoms with van der Waals surface area (Å²) in [5.74, 6) is 0.141. The van der Waals surface area contributed by atoms with Crippen molar-refractivity contribution in [2.24, 2.45) is 0 Å². The third-order valence-corrected chi connectivity index (χ3v) is 5.47. The fourth-order valence-corrected chi connectivity index (χ4v) is 3.46. The van der Waals surface area contributed by atoms with E-state index in [4.69, 9.17) is 4.74 Å². The normalized spacial score (nSPS) is 20.1. The first-order chi connectivity index (χ1) is 9.56. The van der Waals surface area contributed by atoms with Crippen molar-refractivity contribution < 1.29 is 13.2 Å². The van der Waals surface area contributed by atoms with Crippen molar-refractivity contribution in [3.63, 3.8) is 0 Å². The van der Waals surface area contributed by atoms with Gasteiger partial charge in [-0.05, 0) is 44.0 Å². The molecule has 0 aromatic heterocycles. The summed E-state index contributed by atoms with van der Waals surface area (Å²) in [6.45, 7) is 6.31. The van der Waals surface area contributed by atoms with Gasteiger partial charge in [0.2, 0.25) is 0 Å². The van der Waals surface area contributed by atoms with Crippen LogP contribution in [-0.2, 0) is 14.6 Å². The SMILES string of the molecule is CCOC1CCCN(c2ccc(S(=O)(=O)CC)cc2)C1. The molecule has 4 nitrogen and oxygen atoms in total. The van der Waals surface area contributed by atoms with Gasteiger partial charge in [-0.3, -0.25) is 0 Å². The standard InChI is InChI=1S/C15H23NO3S/c1-3-19-14-6-5-11-16(12-14)13-7-9-15(10-8-13)20(17,18)4-2/h7-10,14H,3-6,11-12H2,1-2H3. The number of ether oxygens (including phenoxy) is 1. The molecule has 112 valence electrons. The Balaban J connectivity index is 2.10. The van der Waals surface area contributed by atoms with Gasteiger partial charge in [0.1, 0.15) is 0 Å². The summed E-state index contributed by atoms with van der Waals surface area (Å²) < 4.78 is 29.3. The summed E-state index contributed by atoms with van der Waals surface area (Å²) in [5.41, 5.74) is 1.07. The zero-order valence-electron chi connectivity index (χ0n) is 12.2. The third kappa shape index (κ3) is 3.52. The van der Waals surface area contributed by atoms with Crippen LogP contribution < -0.4 is 4.90 Å². The number of sulfone groups is 1. The Hall–Kier alpha value is -1.07. The van der Waals surface area contributed by atoms with Crippen LogP contribution in [0.5, 0.6) is 0 Å². The van der Waals surface area contributed by atoms with Gasteiger partial charge in [0.05, 0.1) is 16.8 Å². The van der Waals surface area contributed by atoms with Gasteiger partial charge in [0, 0.05) is 25.4 Å². The monoisotopic (exact) mass is 297 g/mol. The molecule has 1 fully saturated rings. The first-order valence-corrected chi connectivity index (χ1v) is 8.91. The highest BCUT2D eigenvalue weighted by atomic mass is 32.2. The van der Waals surface area contributed by atoms with E-state index in [2.05, 4.69) is 4.90 Å². The second kappa shape index (κ2) is 6.59. The first-order valence-electron chi connectivity index (χ1n) is 7.26. The molecule has 1 aliphatic rings. The molecule has 0 aliphatic carbocycles. The molecule has 1 aliphatic heterocycles. The van der Waals surface area contributed by atoms with Gasteiger partial charge >= 0.3 is 0 Å². The molecule has 0 bridgehead atoms. The van der Waals surface area contributed by atoms with E-state index >= 15 is 0 Å². The zero-order chi connectivity index (χ0) is 14.6. The summed E-state index contributed by atoms with van der Waals surface area (Å²) in [7, 11) is -3.11. The molecule has 1 aromatic carbocycles. The molecule has 1 heterocycles.